The van der Waals surface area contributed by atoms with Crippen molar-refractivity contribution in [3.05, 3.63) is 89.5 Å². The fourth-order valence-electron chi connectivity index (χ4n) is 3.76. The predicted molar refractivity (Wildman–Crippen MR) is 126 cm³/mol. The van der Waals surface area contributed by atoms with Gasteiger partial charge in [0.1, 0.15) is 17.2 Å². The van der Waals surface area contributed by atoms with Gasteiger partial charge in [-0.05, 0) is 42.2 Å². The van der Waals surface area contributed by atoms with Gasteiger partial charge in [-0.25, -0.2) is 4.98 Å². The number of hydrogen-bond donors (Lipinski definition) is 5. The lowest BCUT2D eigenvalue weighted by atomic mass is 10.0. The van der Waals surface area contributed by atoms with E-state index < -0.39 is 0 Å². The van der Waals surface area contributed by atoms with Gasteiger partial charge < -0.3 is 15.8 Å². The van der Waals surface area contributed by atoms with Crippen molar-refractivity contribution >= 4 is 16.9 Å². The molecule has 3 aromatic carbocycles. The molecule has 0 atom stereocenters. The summed E-state index contributed by atoms with van der Waals surface area (Å²) in [5.74, 6) is 0.492. The lowest BCUT2D eigenvalue weighted by Gasteiger charge is -2.04. The molecule has 0 aliphatic rings. The molecule has 0 aliphatic carbocycles. The topological polar surface area (TPSA) is 127 Å². The fraction of sp³-hybridized carbons (Fsp3) is 0.0800. The smallest absolute Gasteiger partial charge is 0.172 e. The fourth-order valence-corrected chi connectivity index (χ4v) is 3.76. The minimum atomic E-state index is -0.0121. The van der Waals surface area contributed by atoms with E-state index in [2.05, 4.69) is 56.6 Å². The molecule has 0 fully saturated rings. The number of amidine groups is 1. The highest BCUT2D eigenvalue weighted by Gasteiger charge is 2.18. The number of hydrogen-bond acceptors (Lipinski definition) is 4. The first kappa shape index (κ1) is 19.6. The second-order valence-electron chi connectivity index (χ2n) is 7.71. The summed E-state index contributed by atoms with van der Waals surface area (Å²) in [4.78, 5) is 7.68. The van der Waals surface area contributed by atoms with E-state index in [1.165, 1.54) is 11.1 Å². The van der Waals surface area contributed by atoms with Gasteiger partial charge in [-0.1, -0.05) is 54.6 Å². The third-order valence-electron chi connectivity index (χ3n) is 5.54. The highest BCUT2D eigenvalue weighted by atomic mass is 16.3. The molecule has 0 radical (unpaired) electrons. The number of nitrogens with one attached hydrogen (secondary N) is 3. The highest BCUT2D eigenvalue weighted by Crippen LogP contribution is 2.35. The molecule has 32 heavy (non-hydrogen) atoms. The van der Waals surface area contributed by atoms with E-state index in [4.69, 9.17) is 11.1 Å². The number of fused-ring (bicyclic) bond motifs is 1. The maximum atomic E-state index is 10.8. The van der Waals surface area contributed by atoms with Crippen LogP contribution in [-0.4, -0.2) is 31.1 Å². The quantitative estimate of drug-likeness (QED) is 0.205. The van der Waals surface area contributed by atoms with Crippen LogP contribution in [0.25, 0.3) is 33.8 Å². The van der Waals surface area contributed by atoms with Crippen molar-refractivity contribution in [1.29, 1.82) is 5.41 Å². The van der Waals surface area contributed by atoms with Crippen molar-refractivity contribution in [1.82, 2.24) is 20.2 Å². The third-order valence-corrected chi connectivity index (χ3v) is 5.54. The van der Waals surface area contributed by atoms with Crippen LogP contribution in [0.2, 0.25) is 0 Å². The average Bonchev–Trinajstić information content (AvgIpc) is 3.41. The minimum absolute atomic E-state index is 0.0121. The van der Waals surface area contributed by atoms with Gasteiger partial charge in [0.05, 0.1) is 11.0 Å². The lowest BCUT2D eigenvalue weighted by molar-refractivity contribution is 0.479. The Morgan fingerprint density at radius 2 is 1.66 bits per heavy atom. The molecule has 0 bridgehead atoms. The summed E-state index contributed by atoms with van der Waals surface area (Å²) in [5.41, 5.74) is 11.9. The molecule has 7 heteroatoms. The Labute approximate surface area is 184 Å². The zero-order chi connectivity index (χ0) is 22.1. The number of nitrogen functional groups attached to an aromatic ring is 1. The number of nitrogens with zero attached hydrogens (tertiary/aromatic N) is 2. The number of rotatable bonds is 6. The molecule has 2 aromatic heterocycles. The van der Waals surface area contributed by atoms with E-state index in [0.717, 1.165) is 23.9 Å². The number of H-pyrrole nitrogens is 2. The Morgan fingerprint density at radius 1 is 0.938 bits per heavy atom. The molecule has 5 aromatic rings. The average molecular weight is 422 g/mol. The molecule has 7 nitrogen and oxygen atoms in total. The minimum Gasteiger partial charge on any atom is -0.504 e. The maximum absolute atomic E-state index is 10.8. The molecule has 0 aliphatic heterocycles. The van der Waals surface area contributed by atoms with E-state index in [1.807, 2.05) is 18.2 Å². The summed E-state index contributed by atoms with van der Waals surface area (Å²) in [6.45, 7) is 0. The van der Waals surface area contributed by atoms with Gasteiger partial charge in [0.15, 0.2) is 11.6 Å². The van der Waals surface area contributed by atoms with Crippen molar-refractivity contribution in [3.8, 4) is 28.5 Å². The zero-order valence-corrected chi connectivity index (χ0v) is 17.3. The van der Waals surface area contributed by atoms with Crippen molar-refractivity contribution < 1.29 is 5.11 Å². The van der Waals surface area contributed by atoms with E-state index >= 15 is 0 Å². The Kier molecular flexibility index (Phi) is 4.91. The maximum Gasteiger partial charge on any atom is 0.172 e. The van der Waals surface area contributed by atoms with Gasteiger partial charge in [0.25, 0.3) is 0 Å². The Hall–Kier alpha value is -4.39. The first-order chi connectivity index (χ1) is 15.6. The summed E-state index contributed by atoms with van der Waals surface area (Å²) >= 11 is 0. The van der Waals surface area contributed by atoms with Crippen LogP contribution in [-0.2, 0) is 12.8 Å². The summed E-state index contributed by atoms with van der Waals surface area (Å²) in [5, 5.41) is 25.6. The SMILES string of the molecule is N=C(N)c1ccc2nc(-c3[nH]nc(-c4ccc(CCc5ccccc5)cc4)c3O)[nH]c2c1. The molecule has 2 heterocycles. The number of imidazole rings is 1. The van der Waals surface area contributed by atoms with Crippen LogP contribution in [0, 0.1) is 5.41 Å². The van der Waals surface area contributed by atoms with E-state index in [-0.39, 0.29) is 11.6 Å². The van der Waals surface area contributed by atoms with Gasteiger partial charge in [0.2, 0.25) is 0 Å². The van der Waals surface area contributed by atoms with E-state index in [9.17, 15) is 5.11 Å². The summed E-state index contributed by atoms with van der Waals surface area (Å²) in [7, 11) is 0. The van der Waals surface area contributed by atoms with E-state index in [1.54, 1.807) is 18.2 Å². The normalized spacial score (nSPS) is 11.1. The third kappa shape index (κ3) is 3.72. The first-order valence-corrected chi connectivity index (χ1v) is 10.3. The standard InChI is InChI=1S/C25H22N6O/c26-24(27)18-12-13-19-20(14-18)29-25(28-19)22-23(32)21(30-31-22)17-10-8-16(9-11-17)7-6-15-4-2-1-3-5-15/h1-5,8-14,32H,6-7H2,(H3,26,27)(H,28,29)(H,30,31). The van der Waals surface area contributed by atoms with Crippen LogP contribution in [0.1, 0.15) is 16.7 Å². The lowest BCUT2D eigenvalue weighted by Crippen LogP contribution is -2.10. The molecule has 6 N–H and O–H groups in total. The van der Waals surface area contributed by atoms with Gasteiger partial charge in [-0.15, -0.1) is 0 Å². The number of nitrogens with two attached hydrogens (primary N) is 1. The van der Waals surface area contributed by atoms with Crippen molar-refractivity contribution in [2.24, 2.45) is 5.73 Å². The van der Waals surface area contributed by atoms with Gasteiger partial charge >= 0.3 is 0 Å². The summed E-state index contributed by atoms with van der Waals surface area (Å²) in [6, 6.07) is 23.8. The van der Waals surface area contributed by atoms with Gasteiger partial charge in [-0.3, -0.25) is 10.5 Å². The van der Waals surface area contributed by atoms with Gasteiger partial charge in [0, 0.05) is 11.1 Å². The number of aromatic amines is 2. The molecular formula is C25H22N6O. The van der Waals surface area contributed by atoms with Crippen molar-refractivity contribution in [2.45, 2.75) is 12.8 Å². The first-order valence-electron chi connectivity index (χ1n) is 10.3. The van der Waals surface area contributed by atoms with Crippen molar-refractivity contribution in [3.63, 3.8) is 0 Å². The molecule has 0 saturated carbocycles. The Morgan fingerprint density at radius 3 is 2.38 bits per heavy atom. The van der Waals surface area contributed by atoms with Crippen LogP contribution in [0.4, 0.5) is 0 Å². The van der Waals surface area contributed by atoms with Gasteiger partial charge in [-0.2, -0.15) is 5.10 Å². The number of aromatic nitrogens is 4. The molecular weight excluding hydrogens is 400 g/mol. The Bertz CT molecular complexity index is 1400. The second-order valence-corrected chi connectivity index (χ2v) is 7.71. The molecule has 5 rings (SSSR count). The monoisotopic (exact) mass is 422 g/mol. The molecule has 0 saturated heterocycles. The van der Waals surface area contributed by atoms with Crippen molar-refractivity contribution in [2.75, 3.05) is 0 Å². The Balaban J connectivity index is 1.38. The largest absolute Gasteiger partial charge is 0.504 e. The molecule has 0 unspecified atom stereocenters. The summed E-state index contributed by atoms with van der Waals surface area (Å²) in [6.07, 6.45) is 1.93. The van der Waals surface area contributed by atoms with Crippen LogP contribution in [0.5, 0.6) is 5.75 Å². The van der Waals surface area contributed by atoms with Crippen LogP contribution in [0.15, 0.2) is 72.8 Å². The summed E-state index contributed by atoms with van der Waals surface area (Å²) < 4.78 is 0. The predicted octanol–water partition coefficient (Wildman–Crippen LogP) is 4.39. The highest BCUT2D eigenvalue weighted by molar-refractivity contribution is 5.98. The van der Waals surface area contributed by atoms with E-state index in [0.29, 0.717) is 28.3 Å². The van der Waals surface area contributed by atoms with Crippen LogP contribution >= 0.6 is 0 Å². The second kappa shape index (κ2) is 8.03. The molecule has 158 valence electrons. The zero-order valence-electron chi connectivity index (χ0n) is 17.3. The number of benzene rings is 3. The molecule has 0 spiro atoms. The molecule has 0 amide bonds. The van der Waals surface area contributed by atoms with Crippen LogP contribution < -0.4 is 5.73 Å². The van der Waals surface area contributed by atoms with Crippen LogP contribution in [0.3, 0.4) is 0 Å². The number of aryl methyl sites for hydroxylation is 2. The number of aromatic hydroxyl groups is 1.